The third kappa shape index (κ3) is 5.89. The first kappa shape index (κ1) is 18.3. The van der Waals surface area contributed by atoms with Gasteiger partial charge in [0, 0.05) is 0 Å². The molecule has 0 heterocycles. The van der Waals surface area contributed by atoms with E-state index in [2.05, 4.69) is 0 Å². The average molecular weight is 344 g/mol. The molecule has 8 nitrogen and oxygen atoms in total. The molecule has 0 N–H and O–H groups in total. The Labute approximate surface area is 125 Å². The smallest absolute Gasteiger partial charge is 0.339 e. The summed E-state index contributed by atoms with van der Waals surface area (Å²) in [5, 5.41) is 0. The van der Waals surface area contributed by atoms with Gasteiger partial charge in [-0.05, 0) is 32.6 Å². The van der Waals surface area contributed by atoms with Gasteiger partial charge >= 0.3 is 5.97 Å². The van der Waals surface area contributed by atoms with Gasteiger partial charge in [-0.3, -0.25) is 8.37 Å². The molecule has 0 aromatic rings. The van der Waals surface area contributed by atoms with Gasteiger partial charge in [0.2, 0.25) is 0 Å². The number of hydrogen-bond donors (Lipinski definition) is 0. The van der Waals surface area contributed by atoms with E-state index in [0.29, 0.717) is 0 Å². The second-order valence-corrected chi connectivity index (χ2v) is 8.18. The van der Waals surface area contributed by atoms with Gasteiger partial charge in [-0.1, -0.05) is 0 Å². The van der Waals surface area contributed by atoms with E-state index in [0.717, 1.165) is 12.5 Å². The van der Waals surface area contributed by atoms with Gasteiger partial charge < -0.3 is 4.74 Å². The van der Waals surface area contributed by atoms with Gasteiger partial charge in [0.15, 0.2) is 5.60 Å². The molecule has 1 saturated carbocycles. The minimum Gasteiger partial charge on any atom is -0.464 e. The standard InChI is InChI=1S/C11H20O8S2/c1-4-17-10(12)11(19-21(3,15)16)7-5-9(6-8-11)18-20(2,13)14/h9H,4-8H2,1-3H3. The minimum absolute atomic E-state index is 0.0130. The number of esters is 1. The molecule has 0 unspecified atom stereocenters. The molecule has 0 atom stereocenters. The average Bonchev–Trinajstić information content (AvgIpc) is 2.28. The van der Waals surface area contributed by atoms with E-state index in [9.17, 15) is 21.6 Å². The fraction of sp³-hybridized carbons (Fsp3) is 0.909. The summed E-state index contributed by atoms with van der Waals surface area (Å²) in [6.45, 7) is 1.70. The van der Waals surface area contributed by atoms with Gasteiger partial charge in [-0.15, -0.1) is 0 Å². The maximum atomic E-state index is 12.0. The maximum Gasteiger partial charge on any atom is 0.339 e. The summed E-state index contributed by atoms with van der Waals surface area (Å²) in [7, 11) is -7.46. The Balaban J connectivity index is 2.86. The summed E-state index contributed by atoms with van der Waals surface area (Å²) >= 11 is 0. The third-order valence-corrected chi connectivity index (χ3v) is 4.25. The zero-order chi connectivity index (χ0) is 16.3. The predicted molar refractivity (Wildman–Crippen MR) is 73.5 cm³/mol. The van der Waals surface area contributed by atoms with Crippen molar-refractivity contribution in [2.75, 3.05) is 19.1 Å². The molecule has 1 rings (SSSR count). The van der Waals surface area contributed by atoms with Gasteiger partial charge in [-0.2, -0.15) is 16.8 Å². The summed E-state index contributed by atoms with van der Waals surface area (Å²) in [6.07, 6.45) is 1.59. The topological polar surface area (TPSA) is 113 Å². The lowest BCUT2D eigenvalue weighted by molar-refractivity contribution is -0.165. The summed E-state index contributed by atoms with van der Waals surface area (Å²) in [4.78, 5) is 12.0. The highest BCUT2D eigenvalue weighted by molar-refractivity contribution is 7.86. The molecule has 0 aliphatic heterocycles. The molecule has 10 heteroatoms. The number of carbonyl (C=O) groups excluding carboxylic acids is 1. The zero-order valence-corrected chi connectivity index (χ0v) is 13.8. The Kier molecular flexibility index (Phi) is 5.76. The van der Waals surface area contributed by atoms with E-state index in [1.165, 1.54) is 0 Å². The van der Waals surface area contributed by atoms with Crippen molar-refractivity contribution in [3.05, 3.63) is 0 Å². The first-order valence-electron chi connectivity index (χ1n) is 6.43. The Hall–Kier alpha value is -0.710. The van der Waals surface area contributed by atoms with Crippen LogP contribution in [0.2, 0.25) is 0 Å². The fourth-order valence-corrected chi connectivity index (χ4v) is 3.78. The van der Waals surface area contributed by atoms with Gasteiger partial charge in [0.25, 0.3) is 20.2 Å². The van der Waals surface area contributed by atoms with Crippen LogP contribution in [0, 0.1) is 0 Å². The van der Waals surface area contributed by atoms with Crippen LogP contribution in [-0.4, -0.2) is 53.6 Å². The number of rotatable bonds is 6. The van der Waals surface area contributed by atoms with E-state index in [1.807, 2.05) is 0 Å². The summed E-state index contributed by atoms with van der Waals surface area (Å²) in [5.74, 6) is -0.756. The molecule has 0 saturated heterocycles. The first-order valence-corrected chi connectivity index (χ1v) is 10.1. The second-order valence-electron chi connectivity index (χ2n) is 5.00. The van der Waals surface area contributed by atoms with Crippen molar-refractivity contribution in [2.45, 2.75) is 44.3 Å². The van der Waals surface area contributed by atoms with E-state index in [4.69, 9.17) is 13.1 Å². The quantitative estimate of drug-likeness (QED) is 0.495. The Bertz CT molecular complexity index is 569. The van der Waals surface area contributed by atoms with Crippen molar-refractivity contribution in [3.63, 3.8) is 0 Å². The monoisotopic (exact) mass is 344 g/mol. The summed E-state index contributed by atoms with van der Waals surface area (Å²) in [6, 6.07) is 0. The molecule has 0 amide bonds. The van der Waals surface area contributed by atoms with E-state index >= 15 is 0 Å². The molecule has 0 bridgehead atoms. The van der Waals surface area contributed by atoms with Crippen molar-refractivity contribution < 1.29 is 34.7 Å². The molecule has 124 valence electrons. The lowest BCUT2D eigenvalue weighted by Crippen LogP contribution is -2.48. The lowest BCUT2D eigenvalue weighted by atomic mass is 9.83. The maximum absolute atomic E-state index is 12.0. The van der Waals surface area contributed by atoms with Gasteiger partial charge in [0.1, 0.15) is 0 Å². The molecule has 1 aliphatic rings. The fourth-order valence-electron chi connectivity index (χ4n) is 2.27. The van der Waals surface area contributed by atoms with Crippen molar-refractivity contribution >= 4 is 26.2 Å². The van der Waals surface area contributed by atoms with E-state index < -0.39 is 37.9 Å². The van der Waals surface area contributed by atoms with Crippen LogP contribution in [0.4, 0.5) is 0 Å². The molecule has 1 aliphatic carbocycles. The highest BCUT2D eigenvalue weighted by Crippen LogP contribution is 2.36. The molecule has 0 spiro atoms. The zero-order valence-electron chi connectivity index (χ0n) is 12.2. The minimum atomic E-state index is -3.86. The Morgan fingerprint density at radius 3 is 2.00 bits per heavy atom. The first-order chi connectivity index (χ1) is 9.47. The van der Waals surface area contributed by atoms with Crippen LogP contribution < -0.4 is 0 Å². The van der Waals surface area contributed by atoms with Crippen LogP contribution >= 0.6 is 0 Å². The van der Waals surface area contributed by atoms with Gasteiger partial charge in [-0.25, -0.2) is 4.79 Å². The van der Waals surface area contributed by atoms with E-state index in [-0.39, 0.29) is 32.3 Å². The molecule has 0 aromatic heterocycles. The summed E-state index contributed by atoms with van der Waals surface area (Å²) < 4.78 is 59.6. The highest BCUT2D eigenvalue weighted by atomic mass is 32.2. The van der Waals surface area contributed by atoms with Crippen LogP contribution in [0.15, 0.2) is 0 Å². The molecular weight excluding hydrogens is 324 g/mol. The molecule has 0 aromatic carbocycles. The van der Waals surface area contributed by atoms with Crippen LogP contribution in [-0.2, 0) is 38.1 Å². The largest absolute Gasteiger partial charge is 0.464 e. The number of carbonyl (C=O) groups is 1. The van der Waals surface area contributed by atoms with Crippen LogP contribution in [0.5, 0.6) is 0 Å². The Morgan fingerprint density at radius 2 is 1.62 bits per heavy atom. The van der Waals surface area contributed by atoms with Crippen LogP contribution in [0.3, 0.4) is 0 Å². The Morgan fingerprint density at radius 1 is 1.10 bits per heavy atom. The number of ether oxygens (including phenoxy) is 1. The van der Waals surface area contributed by atoms with Crippen molar-refractivity contribution in [1.82, 2.24) is 0 Å². The van der Waals surface area contributed by atoms with E-state index in [1.54, 1.807) is 6.92 Å². The third-order valence-electron chi connectivity index (χ3n) is 3.01. The predicted octanol–water partition coefficient (Wildman–Crippen LogP) is 0.183. The lowest BCUT2D eigenvalue weighted by Gasteiger charge is -2.36. The number of hydrogen-bond acceptors (Lipinski definition) is 8. The molecular formula is C11H20O8S2. The highest BCUT2D eigenvalue weighted by Gasteiger charge is 2.47. The second kappa shape index (κ2) is 6.59. The van der Waals surface area contributed by atoms with Crippen molar-refractivity contribution in [1.29, 1.82) is 0 Å². The normalized spacial score (nSPS) is 27.3. The molecule has 0 radical (unpaired) electrons. The SMILES string of the molecule is CCOC(=O)C1(OS(C)(=O)=O)CCC(OS(C)(=O)=O)CC1. The summed E-state index contributed by atoms with van der Waals surface area (Å²) in [5.41, 5.74) is -1.60. The van der Waals surface area contributed by atoms with Gasteiger partial charge in [0.05, 0.1) is 25.2 Å². The van der Waals surface area contributed by atoms with Crippen LogP contribution in [0.1, 0.15) is 32.6 Å². The molecule has 1 fully saturated rings. The van der Waals surface area contributed by atoms with Crippen molar-refractivity contribution in [3.8, 4) is 0 Å². The van der Waals surface area contributed by atoms with Crippen LogP contribution in [0.25, 0.3) is 0 Å². The van der Waals surface area contributed by atoms with Crippen molar-refractivity contribution in [2.24, 2.45) is 0 Å². The molecule has 21 heavy (non-hydrogen) atoms.